The molecule has 3 rings (SSSR count). The van der Waals surface area contributed by atoms with E-state index in [9.17, 15) is 9.59 Å². The van der Waals surface area contributed by atoms with Crippen molar-refractivity contribution in [3.05, 3.63) is 59.7 Å². The fraction of sp³-hybridized carbons (Fsp3) is 0.222. The Bertz CT molecular complexity index is 707. The number of fused-ring (bicyclic) bond motifs is 1. The van der Waals surface area contributed by atoms with Crippen molar-refractivity contribution >= 4 is 17.6 Å². The Labute approximate surface area is 129 Å². The van der Waals surface area contributed by atoms with E-state index >= 15 is 0 Å². The minimum Gasteiger partial charge on any atom is -0.426 e. The Balaban J connectivity index is 1.81. The van der Waals surface area contributed by atoms with Crippen molar-refractivity contribution in [3.8, 4) is 5.75 Å². The molecule has 2 aromatic carbocycles. The SMILES string of the molecule is CCc1ccc(OC(=O)C2CC(=O)Nc3ccccc32)cc1. The molecular weight excluding hydrogens is 278 g/mol. The van der Waals surface area contributed by atoms with Gasteiger partial charge in [0.1, 0.15) is 5.75 Å². The molecule has 1 N–H and O–H groups in total. The lowest BCUT2D eigenvalue weighted by atomic mass is 9.91. The number of carbonyl (C=O) groups is 2. The average Bonchev–Trinajstić information content (AvgIpc) is 2.54. The zero-order valence-electron chi connectivity index (χ0n) is 12.3. The van der Waals surface area contributed by atoms with Crippen LogP contribution in [0.4, 0.5) is 5.69 Å². The number of ether oxygens (including phenoxy) is 1. The molecule has 0 fully saturated rings. The van der Waals surface area contributed by atoms with Gasteiger partial charge in [0.15, 0.2) is 0 Å². The predicted octanol–water partition coefficient (Wildman–Crippen LogP) is 3.28. The molecule has 2 aromatic rings. The first-order chi connectivity index (χ1) is 10.7. The van der Waals surface area contributed by atoms with Gasteiger partial charge in [-0.1, -0.05) is 37.3 Å². The highest BCUT2D eigenvalue weighted by atomic mass is 16.5. The quantitative estimate of drug-likeness (QED) is 0.698. The lowest BCUT2D eigenvalue weighted by Crippen LogP contribution is -2.29. The number of hydrogen-bond acceptors (Lipinski definition) is 3. The maximum absolute atomic E-state index is 12.4. The molecule has 0 spiro atoms. The highest BCUT2D eigenvalue weighted by Gasteiger charge is 2.31. The van der Waals surface area contributed by atoms with Crippen LogP contribution in [0.25, 0.3) is 0 Å². The Morgan fingerprint density at radius 2 is 1.91 bits per heavy atom. The van der Waals surface area contributed by atoms with E-state index in [0.717, 1.165) is 12.0 Å². The molecule has 1 atom stereocenters. The summed E-state index contributed by atoms with van der Waals surface area (Å²) in [5, 5.41) is 2.78. The number of rotatable bonds is 3. The van der Waals surface area contributed by atoms with Crippen LogP contribution in [0.3, 0.4) is 0 Å². The van der Waals surface area contributed by atoms with Gasteiger partial charge in [-0.15, -0.1) is 0 Å². The van der Waals surface area contributed by atoms with E-state index in [4.69, 9.17) is 4.74 Å². The summed E-state index contributed by atoms with van der Waals surface area (Å²) in [5.74, 6) is -0.616. The number of aryl methyl sites for hydroxylation is 1. The highest BCUT2D eigenvalue weighted by Crippen LogP contribution is 2.33. The number of amides is 1. The Morgan fingerprint density at radius 1 is 1.18 bits per heavy atom. The topological polar surface area (TPSA) is 55.4 Å². The van der Waals surface area contributed by atoms with Gasteiger partial charge in [-0.05, 0) is 35.7 Å². The highest BCUT2D eigenvalue weighted by molar-refractivity contribution is 6.00. The first-order valence-electron chi connectivity index (χ1n) is 7.37. The van der Waals surface area contributed by atoms with Crippen molar-refractivity contribution < 1.29 is 14.3 Å². The van der Waals surface area contributed by atoms with E-state index in [1.165, 1.54) is 5.56 Å². The fourth-order valence-corrected chi connectivity index (χ4v) is 2.60. The second-order valence-electron chi connectivity index (χ2n) is 5.31. The van der Waals surface area contributed by atoms with Crippen LogP contribution in [0.2, 0.25) is 0 Å². The van der Waals surface area contributed by atoms with Crippen molar-refractivity contribution in [1.82, 2.24) is 0 Å². The molecule has 0 saturated heterocycles. The Hall–Kier alpha value is -2.62. The van der Waals surface area contributed by atoms with Crippen LogP contribution in [0.15, 0.2) is 48.5 Å². The van der Waals surface area contributed by atoms with E-state index in [2.05, 4.69) is 12.2 Å². The third kappa shape index (κ3) is 2.86. The number of nitrogens with one attached hydrogen (secondary N) is 1. The molecule has 0 radical (unpaired) electrons. The van der Waals surface area contributed by atoms with Crippen molar-refractivity contribution in [1.29, 1.82) is 0 Å². The minimum absolute atomic E-state index is 0.114. The van der Waals surface area contributed by atoms with Crippen molar-refractivity contribution in [3.63, 3.8) is 0 Å². The van der Waals surface area contributed by atoms with Crippen LogP contribution in [0.1, 0.15) is 30.4 Å². The first kappa shape index (κ1) is 14.3. The number of benzene rings is 2. The molecule has 22 heavy (non-hydrogen) atoms. The number of esters is 1. The van der Waals surface area contributed by atoms with Crippen LogP contribution in [-0.2, 0) is 16.0 Å². The molecule has 1 amide bonds. The van der Waals surface area contributed by atoms with Gasteiger partial charge in [0, 0.05) is 12.1 Å². The minimum atomic E-state index is -0.559. The summed E-state index contributed by atoms with van der Waals surface area (Å²) in [4.78, 5) is 24.2. The van der Waals surface area contributed by atoms with Gasteiger partial charge in [0.2, 0.25) is 5.91 Å². The summed E-state index contributed by atoms with van der Waals surface area (Å²) < 4.78 is 5.44. The number of anilines is 1. The standard InChI is InChI=1S/C18H17NO3/c1-2-12-7-9-13(10-8-12)22-18(21)15-11-17(20)19-16-6-4-3-5-14(15)16/h3-10,15H,2,11H2,1H3,(H,19,20). The van der Waals surface area contributed by atoms with Gasteiger partial charge in [-0.25, -0.2) is 0 Å². The zero-order valence-corrected chi connectivity index (χ0v) is 12.3. The number of para-hydroxylation sites is 1. The van der Waals surface area contributed by atoms with Gasteiger partial charge >= 0.3 is 5.97 Å². The maximum Gasteiger partial charge on any atom is 0.319 e. The molecule has 0 aromatic heterocycles. The molecule has 1 aliphatic rings. The summed E-state index contributed by atoms with van der Waals surface area (Å²) in [6, 6.07) is 14.8. The Kier molecular flexibility index (Phi) is 3.92. The molecule has 1 heterocycles. The Morgan fingerprint density at radius 3 is 2.64 bits per heavy atom. The van der Waals surface area contributed by atoms with Crippen molar-refractivity contribution in [2.45, 2.75) is 25.7 Å². The summed E-state index contributed by atoms with van der Waals surface area (Å²) >= 11 is 0. The summed E-state index contributed by atoms with van der Waals surface area (Å²) in [6.07, 6.45) is 1.05. The van der Waals surface area contributed by atoms with Gasteiger partial charge in [0.25, 0.3) is 0 Å². The van der Waals surface area contributed by atoms with E-state index in [1.807, 2.05) is 30.3 Å². The van der Waals surface area contributed by atoms with Crippen LogP contribution in [0, 0.1) is 0 Å². The zero-order chi connectivity index (χ0) is 15.5. The van der Waals surface area contributed by atoms with Crippen LogP contribution in [0.5, 0.6) is 5.75 Å². The van der Waals surface area contributed by atoms with E-state index in [0.29, 0.717) is 11.4 Å². The lowest BCUT2D eigenvalue weighted by Gasteiger charge is -2.24. The molecular formula is C18H17NO3. The van der Waals surface area contributed by atoms with E-state index in [-0.39, 0.29) is 12.3 Å². The second-order valence-corrected chi connectivity index (χ2v) is 5.31. The third-order valence-corrected chi connectivity index (χ3v) is 3.83. The lowest BCUT2D eigenvalue weighted by molar-refractivity contribution is -0.138. The normalized spacial score (nSPS) is 16.6. The van der Waals surface area contributed by atoms with E-state index < -0.39 is 11.9 Å². The average molecular weight is 295 g/mol. The van der Waals surface area contributed by atoms with Crippen molar-refractivity contribution in [2.24, 2.45) is 0 Å². The predicted molar refractivity (Wildman–Crippen MR) is 83.9 cm³/mol. The number of carbonyl (C=O) groups excluding carboxylic acids is 2. The van der Waals surface area contributed by atoms with Crippen LogP contribution >= 0.6 is 0 Å². The van der Waals surface area contributed by atoms with Gasteiger partial charge in [-0.3, -0.25) is 9.59 Å². The maximum atomic E-state index is 12.4. The molecule has 112 valence electrons. The van der Waals surface area contributed by atoms with Gasteiger partial charge in [-0.2, -0.15) is 0 Å². The summed E-state index contributed by atoms with van der Waals surface area (Å²) in [5.41, 5.74) is 2.67. The van der Waals surface area contributed by atoms with Crippen molar-refractivity contribution in [2.75, 3.05) is 5.32 Å². The second kappa shape index (κ2) is 6.02. The summed E-state index contributed by atoms with van der Waals surface area (Å²) in [6.45, 7) is 2.07. The molecule has 0 aliphatic carbocycles. The monoisotopic (exact) mass is 295 g/mol. The molecule has 4 heteroatoms. The summed E-state index contributed by atoms with van der Waals surface area (Å²) in [7, 11) is 0. The first-order valence-corrected chi connectivity index (χ1v) is 7.37. The van der Waals surface area contributed by atoms with Crippen LogP contribution in [-0.4, -0.2) is 11.9 Å². The third-order valence-electron chi connectivity index (χ3n) is 3.83. The van der Waals surface area contributed by atoms with E-state index in [1.54, 1.807) is 18.2 Å². The van der Waals surface area contributed by atoms with Crippen LogP contribution < -0.4 is 10.1 Å². The van der Waals surface area contributed by atoms with Gasteiger partial charge < -0.3 is 10.1 Å². The largest absolute Gasteiger partial charge is 0.426 e. The van der Waals surface area contributed by atoms with Gasteiger partial charge in [0.05, 0.1) is 5.92 Å². The fourth-order valence-electron chi connectivity index (χ4n) is 2.60. The molecule has 0 bridgehead atoms. The molecule has 1 aliphatic heterocycles. The number of hydrogen-bond donors (Lipinski definition) is 1. The smallest absolute Gasteiger partial charge is 0.319 e. The molecule has 4 nitrogen and oxygen atoms in total. The molecule has 0 saturated carbocycles. The molecule has 1 unspecified atom stereocenters.